The van der Waals surface area contributed by atoms with Crippen molar-refractivity contribution in [3.05, 3.63) is 46.4 Å². The molecular weight excluding hydrogens is 262 g/mol. The minimum Gasteiger partial charge on any atom is -0.293 e. The highest BCUT2D eigenvalue weighted by Gasteiger charge is 2.28. The van der Waals surface area contributed by atoms with E-state index in [1.807, 2.05) is 18.2 Å². The summed E-state index contributed by atoms with van der Waals surface area (Å²) in [6.45, 7) is 0. The highest BCUT2D eigenvalue weighted by molar-refractivity contribution is 7.99. The summed E-state index contributed by atoms with van der Waals surface area (Å²) in [7, 11) is 0. The van der Waals surface area contributed by atoms with Crippen LogP contribution in [-0.4, -0.2) is 26.3 Å². The number of aromatic amines is 1. The first kappa shape index (κ1) is 12.2. The van der Waals surface area contributed by atoms with Gasteiger partial charge in [-0.3, -0.25) is 9.36 Å². The summed E-state index contributed by atoms with van der Waals surface area (Å²) < 4.78 is 1.66. The van der Waals surface area contributed by atoms with Gasteiger partial charge in [0.25, 0.3) is 0 Å². The summed E-state index contributed by atoms with van der Waals surface area (Å²) in [6, 6.07) is 9.41. The molecule has 0 atom stereocenters. The third-order valence-corrected chi connectivity index (χ3v) is 3.96. The van der Waals surface area contributed by atoms with Crippen molar-refractivity contribution in [3.63, 3.8) is 0 Å². The molecule has 1 saturated carbocycles. The van der Waals surface area contributed by atoms with E-state index >= 15 is 0 Å². The number of benzene rings is 1. The van der Waals surface area contributed by atoms with Gasteiger partial charge in [0.15, 0.2) is 10.9 Å². The van der Waals surface area contributed by atoms with Crippen molar-refractivity contribution in [1.82, 2.24) is 14.8 Å². The minimum absolute atomic E-state index is 0.0448. The number of hydrogen-bond donors (Lipinski definition) is 1. The van der Waals surface area contributed by atoms with Gasteiger partial charge in [0.05, 0.1) is 5.75 Å². The fourth-order valence-electron chi connectivity index (χ4n) is 1.88. The summed E-state index contributed by atoms with van der Waals surface area (Å²) in [6.07, 6.45) is 2.03. The van der Waals surface area contributed by atoms with Crippen molar-refractivity contribution in [2.75, 3.05) is 5.75 Å². The van der Waals surface area contributed by atoms with Gasteiger partial charge < -0.3 is 0 Å². The van der Waals surface area contributed by atoms with E-state index in [-0.39, 0.29) is 17.5 Å². The number of thioether (sulfide) groups is 1. The molecule has 1 aromatic heterocycles. The Morgan fingerprint density at radius 3 is 2.79 bits per heavy atom. The van der Waals surface area contributed by atoms with Crippen LogP contribution in [0.4, 0.5) is 0 Å². The minimum atomic E-state index is -0.183. The molecule has 1 heterocycles. The van der Waals surface area contributed by atoms with E-state index in [2.05, 4.69) is 10.2 Å². The van der Waals surface area contributed by atoms with Gasteiger partial charge in [0.2, 0.25) is 0 Å². The molecule has 6 heteroatoms. The second kappa shape index (κ2) is 5.05. The molecule has 5 nitrogen and oxygen atoms in total. The first-order valence-corrected chi connectivity index (χ1v) is 7.12. The number of ketones is 1. The molecule has 0 saturated heterocycles. The zero-order valence-corrected chi connectivity index (χ0v) is 11.0. The SMILES string of the molecule is O=C(CSc1n[nH]c(=O)n1C1CC1)c1ccccc1. The van der Waals surface area contributed by atoms with Gasteiger partial charge in [-0.15, -0.1) is 5.10 Å². The van der Waals surface area contributed by atoms with Gasteiger partial charge in [0, 0.05) is 11.6 Å². The standard InChI is InChI=1S/C13H13N3O2S/c17-11(9-4-2-1-3-5-9)8-19-13-15-14-12(18)16(13)10-6-7-10/h1-5,10H,6-8H2,(H,14,18). The summed E-state index contributed by atoms with van der Waals surface area (Å²) in [4.78, 5) is 23.6. The Balaban J connectivity index is 1.70. The molecule has 0 unspecified atom stereocenters. The average Bonchev–Trinajstić information content (AvgIpc) is 3.21. The van der Waals surface area contributed by atoms with Gasteiger partial charge in [0.1, 0.15) is 0 Å². The summed E-state index contributed by atoms with van der Waals surface area (Å²) in [5.74, 6) is 0.337. The molecule has 0 bridgehead atoms. The zero-order valence-electron chi connectivity index (χ0n) is 10.2. The second-order valence-electron chi connectivity index (χ2n) is 4.49. The molecule has 2 aromatic rings. The van der Waals surface area contributed by atoms with E-state index in [0.717, 1.165) is 12.8 Å². The molecule has 0 radical (unpaired) electrons. The molecule has 0 amide bonds. The fourth-order valence-corrected chi connectivity index (χ4v) is 2.79. The van der Waals surface area contributed by atoms with Crippen LogP contribution in [0.5, 0.6) is 0 Å². The topological polar surface area (TPSA) is 67.8 Å². The van der Waals surface area contributed by atoms with Gasteiger partial charge in [-0.25, -0.2) is 9.89 Å². The van der Waals surface area contributed by atoms with Crippen molar-refractivity contribution in [2.24, 2.45) is 0 Å². The van der Waals surface area contributed by atoms with Crippen LogP contribution < -0.4 is 5.69 Å². The summed E-state index contributed by atoms with van der Waals surface area (Å²) in [5.41, 5.74) is 0.503. The van der Waals surface area contributed by atoms with Crippen LogP contribution >= 0.6 is 11.8 Å². The maximum absolute atomic E-state index is 12.0. The van der Waals surface area contributed by atoms with Crippen LogP contribution in [-0.2, 0) is 0 Å². The molecule has 0 spiro atoms. The molecule has 1 aliphatic rings. The first-order chi connectivity index (χ1) is 9.25. The summed E-state index contributed by atoms with van der Waals surface area (Å²) >= 11 is 1.31. The number of carbonyl (C=O) groups is 1. The number of nitrogens with one attached hydrogen (secondary N) is 1. The highest BCUT2D eigenvalue weighted by Crippen LogP contribution is 2.36. The van der Waals surface area contributed by atoms with Crippen molar-refractivity contribution in [1.29, 1.82) is 0 Å². The molecular formula is C13H13N3O2S. The van der Waals surface area contributed by atoms with Crippen molar-refractivity contribution in [2.45, 2.75) is 24.0 Å². The Kier molecular flexibility index (Phi) is 3.25. The smallest absolute Gasteiger partial charge is 0.293 e. The second-order valence-corrected chi connectivity index (χ2v) is 5.43. The van der Waals surface area contributed by atoms with Crippen LogP contribution in [0.15, 0.2) is 40.3 Å². The van der Waals surface area contributed by atoms with E-state index in [4.69, 9.17) is 0 Å². The van der Waals surface area contributed by atoms with E-state index in [9.17, 15) is 9.59 Å². The molecule has 1 aromatic carbocycles. The van der Waals surface area contributed by atoms with Gasteiger partial charge >= 0.3 is 5.69 Å². The largest absolute Gasteiger partial charge is 0.344 e. The summed E-state index contributed by atoms with van der Waals surface area (Å²) in [5, 5.41) is 7.03. The Hall–Kier alpha value is -1.82. The van der Waals surface area contributed by atoms with Crippen molar-refractivity contribution in [3.8, 4) is 0 Å². The van der Waals surface area contributed by atoms with Crippen LogP contribution in [0.3, 0.4) is 0 Å². The zero-order chi connectivity index (χ0) is 13.2. The molecule has 98 valence electrons. The molecule has 0 aliphatic heterocycles. The van der Waals surface area contributed by atoms with Crippen LogP contribution in [0.2, 0.25) is 0 Å². The Labute approximate surface area is 114 Å². The lowest BCUT2D eigenvalue weighted by Crippen LogP contribution is -2.16. The van der Waals surface area contributed by atoms with Crippen LogP contribution in [0.25, 0.3) is 0 Å². The predicted molar refractivity (Wildman–Crippen MR) is 72.6 cm³/mol. The van der Waals surface area contributed by atoms with Crippen molar-refractivity contribution >= 4 is 17.5 Å². The van der Waals surface area contributed by atoms with Crippen LogP contribution in [0, 0.1) is 0 Å². The predicted octanol–water partition coefficient (Wildman–Crippen LogP) is 1.88. The number of hydrogen-bond acceptors (Lipinski definition) is 4. The number of aromatic nitrogens is 3. The fraction of sp³-hybridized carbons (Fsp3) is 0.308. The van der Waals surface area contributed by atoms with E-state index in [0.29, 0.717) is 16.5 Å². The lowest BCUT2D eigenvalue weighted by Gasteiger charge is -2.03. The van der Waals surface area contributed by atoms with Gasteiger partial charge in [-0.05, 0) is 12.8 Å². The molecule has 1 N–H and O–H groups in total. The van der Waals surface area contributed by atoms with Gasteiger partial charge in [-0.1, -0.05) is 42.1 Å². The normalized spacial score (nSPS) is 14.5. The van der Waals surface area contributed by atoms with Gasteiger partial charge in [-0.2, -0.15) is 0 Å². The lowest BCUT2D eigenvalue weighted by molar-refractivity contribution is 0.102. The van der Waals surface area contributed by atoms with E-state index < -0.39 is 0 Å². The lowest BCUT2D eigenvalue weighted by atomic mass is 10.2. The molecule has 19 heavy (non-hydrogen) atoms. The third-order valence-electron chi connectivity index (χ3n) is 3.01. The molecule has 1 aliphatic carbocycles. The number of nitrogens with zero attached hydrogens (tertiary/aromatic N) is 2. The number of rotatable bonds is 5. The van der Waals surface area contributed by atoms with E-state index in [1.165, 1.54) is 11.8 Å². The third kappa shape index (κ3) is 2.63. The first-order valence-electron chi connectivity index (χ1n) is 6.13. The van der Waals surface area contributed by atoms with Crippen molar-refractivity contribution < 1.29 is 4.79 Å². The number of Topliss-reactive ketones (excluding diaryl/α,β-unsaturated/α-hetero) is 1. The Bertz CT molecular complexity index is 643. The Morgan fingerprint density at radius 2 is 2.11 bits per heavy atom. The van der Waals surface area contributed by atoms with E-state index in [1.54, 1.807) is 16.7 Å². The maximum Gasteiger partial charge on any atom is 0.344 e. The van der Waals surface area contributed by atoms with Crippen LogP contribution in [0.1, 0.15) is 29.2 Å². The number of H-pyrrole nitrogens is 1. The number of carbonyl (C=O) groups excluding carboxylic acids is 1. The molecule has 3 rings (SSSR count). The maximum atomic E-state index is 12.0. The highest BCUT2D eigenvalue weighted by atomic mass is 32.2. The molecule has 1 fully saturated rings. The monoisotopic (exact) mass is 275 g/mol. The average molecular weight is 275 g/mol. The quantitative estimate of drug-likeness (QED) is 0.668. The Morgan fingerprint density at radius 1 is 1.37 bits per heavy atom.